The van der Waals surface area contributed by atoms with Crippen molar-refractivity contribution in [3.8, 4) is 5.75 Å². The maximum absolute atomic E-state index is 11.9. The van der Waals surface area contributed by atoms with Gasteiger partial charge in [-0.15, -0.1) is 11.8 Å². The molecule has 0 atom stereocenters. The molecule has 0 spiro atoms. The van der Waals surface area contributed by atoms with E-state index >= 15 is 0 Å². The maximum Gasteiger partial charge on any atom is 0.405 e. The average Bonchev–Trinajstić information content (AvgIpc) is 2.45. The van der Waals surface area contributed by atoms with Crippen molar-refractivity contribution in [2.24, 2.45) is 0 Å². The van der Waals surface area contributed by atoms with E-state index in [-0.39, 0.29) is 17.4 Å². The third kappa shape index (κ3) is 7.77. The van der Waals surface area contributed by atoms with Crippen LogP contribution in [0.1, 0.15) is 0 Å². The van der Waals surface area contributed by atoms with E-state index < -0.39 is 18.6 Å². The minimum atomic E-state index is -4.44. The standard InChI is InChI=1S/C13H15F3N2O3S/c1-21-10-4-2-9(3-5-10)18-12(20)7-22-6-11(19)17-8-13(14,15)16/h2-5H,6-8H2,1H3,(H,17,19)(H,18,20). The van der Waals surface area contributed by atoms with E-state index in [1.807, 2.05) is 0 Å². The average molecular weight is 336 g/mol. The highest BCUT2D eigenvalue weighted by atomic mass is 32.2. The third-order valence-corrected chi connectivity index (χ3v) is 3.26. The lowest BCUT2D eigenvalue weighted by molar-refractivity contribution is -0.136. The first-order valence-electron chi connectivity index (χ1n) is 6.15. The molecular weight excluding hydrogens is 321 g/mol. The van der Waals surface area contributed by atoms with Crippen molar-refractivity contribution in [1.82, 2.24) is 5.32 Å². The minimum Gasteiger partial charge on any atom is -0.497 e. The van der Waals surface area contributed by atoms with Gasteiger partial charge in [0, 0.05) is 5.69 Å². The van der Waals surface area contributed by atoms with Gasteiger partial charge in [0.15, 0.2) is 0 Å². The Morgan fingerprint density at radius 2 is 1.73 bits per heavy atom. The second-order valence-electron chi connectivity index (χ2n) is 4.16. The molecule has 1 aromatic carbocycles. The summed E-state index contributed by atoms with van der Waals surface area (Å²) in [4.78, 5) is 22.7. The Morgan fingerprint density at radius 3 is 2.27 bits per heavy atom. The van der Waals surface area contributed by atoms with Gasteiger partial charge in [0.1, 0.15) is 12.3 Å². The summed E-state index contributed by atoms with van der Waals surface area (Å²) in [6, 6.07) is 6.65. The molecule has 0 radical (unpaired) electrons. The van der Waals surface area contributed by atoms with Gasteiger partial charge < -0.3 is 15.4 Å². The van der Waals surface area contributed by atoms with Gasteiger partial charge in [-0.1, -0.05) is 0 Å². The fraction of sp³-hybridized carbons (Fsp3) is 0.385. The van der Waals surface area contributed by atoms with Crippen molar-refractivity contribution in [3.63, 3.8) is 0 Å². The molecule has 0 aliphatic rings. The topological polar surface area (TPSA) is 67.4 Å². The molecule has 0 saturated carbocycles. The van der Waals surface area contributed by atoms with Gasteiger partial charge in [0.05, 0.1) is 18.6 Å². The predicted octanol–water partition coefficient (Wildman–Crippen LogP) is 2.05. The van der Waals surface area contributed by atoms with Gasteiger partial charge in [0.2, 0.25) is 11.8 Å². The van der Waals surface area contributed by atoms with Crippen molar-refractivity contribution in [1.29, 1.82) is 0 Å². The van der Waals surface area contributed by atoms with E-state index in [2.05, 4.69) is 5.32 Å². The summed E-state index contributed by atoms with van der Waals surface area (Å²) in [6.07, 6.45) is -4.44. The number of methoxy groups -OCH3 is 1. The summed E-state index contributed by atoms with van der Waals surface area (Å²) in [5, 5.41) is 4.32. The van der Waals surface area contributed by atoms with E-state index in [0.29, 0.717) is 11.4 Å². The molecule has 1 rings (SSSR count). The van der Waals surface area contributed by atoms with E-state index in [1.165, 1.54) is 7.11 Å². The van der Waals surface area contributed by atoms with E-state index in [4.69, 9.17) is 4.74 Å². The molecule has 0 aliphatic carbocycles. The third-order valence-electron chi connectivity index (χ3n) is 2.33. The highest BCUT2D eigenvalue weighted by Crippen LogP contribution is 2.15. The molecule has 0 unspecified atom stereocenters. The molecule has 0 fully saturated rings. The van der Waals surface area contributed by atoms with Crippen LogP contribution in [-0.2, 0) is 9.59 Å². The number of benzene rings is 1. The Labute approximate surface area is 129 Å². The number of thioether (sulfide) groups is 1. The molecule has 0 aromatic heterocycles. The van der Waals surface area contributed by atoms with E-state index in [1.54, 1.807) is 29.6 Å². The number of halogens is 3. The molecule has 0 saturated heterocycles. The zero-order chi connectivity index (χ0) is 16.6. The van der Waals surface area contributed by atoms with Gasteiger partial charge >= 0.3 is 6.18 Å². The molecule has 22 heavy (non-hydrogen) atoms. The lowest BCUT2D eigenvalue weighted by Crippen LogP contribution is -2.35. The smallest absolute Gasteiger partial charge is 0.405 e. The zero-order valence-electron chi connectivity index (χ0n) is 11.7. The normalized spacial score (nSPS) is 10.9. The number of rotatable bonds is 7. The number of anilines is 1. The van der Waals surface area contributed by atoms with Crippen LogP contribution < -0.4 is 15.4 Å². The molecule has 5 nitrogen and oxygen atoms in total. The van der Waals surface area contributed by atoms with Gasteiger partial charge in [-0.25, -0.2) is 0 Å². The fourth-order valence-electron chi connectivity index (χ4n) is 1.36. The largest absolute Gasteiger partial charge is 0.497 e. The Hall–Kier alpha value is -1.90. The lowest BCUT2D eigenvalue weighted by Gasteiger charge is -2.08. The van der Waals surface area contributed by atoms with Crippen LogP contribution >= 0.6 is 11.8 Å². The summed E-state index contributed by atoms with van der Waals surface area (Å²) in [5.74, 6) is -0.718. The number of carbonyl (C=O) groups is 2. The Kier molecular flexibility index (Phi) is 7.03. The van der Waals surface area contributed by atoms with Crippen LogP contribution in [0.3, 0.4) is 0 Å². The van der Waals surface area contributed by atoms with Crippen LogP contribution in [0, 0.1) is 0 Å². The van der Waals surface area contributed by atoms with Crippen molar-refractivity contribution >= 4 is 29.3 Å². The number of ether oxygens (including phenoxy) is 1. The highest BCUT2D eigenvalue weighted by Gasteiger charge is 2.27. The fourth-order valence-corrected chi connectivity index (χ4v) is 2.00. The van der Waals surface area contributed by atoms with Gasteiger partial charge in [-0.2, -0.15) is 13.2 Å². The summed E-state index contributed by atoms with van der Waals surface area (Å²) >= 11 is 0.931. The number of alkyl halides is 3. The SMILES string of the molecule is COc1ccc(NC(=O)CSCC(=O)NCC(F)(F)F)cc1. The van der Waals surface area contributed by atoms with Crippen molar-refractivity contribution < 1.29 is 27.5 Å². The summed E-state index contributed by atoms with van der Waals surface area (Å²) in [6.45, 7) is -1.37. The lowest BCUT2D eigenvalue weighted by atomic mass is 10.3. The first-order chi connectivity index (χ1) is 10.3. The highest BCUT2D eigenvalue weighted by molar-refractivity contribution is 8.00. The molecule has 0 aliphatic heterocycles. The van der Waals surface area contributed by atoms with Gasteiger partial charge in [-0.3, -0.25) is 9.59 Å². The van der Waals surface area contributed by atoms with Crippen LogP contribution in [0.4, 0.5) is 18.9 Å². The summed E-state index contributed by atoms with van der Waals surface area (Å²) in [7, 11) is 1.52. The second-order valence-corrected chi connectivity index (χ2v) is 5.15. The summed E-state index contributed by atoms with van der Waals surface area (Å²) < 4.78 is 40.6. The first-order valence-corrected chi connectivity index (χ1v) is 7.31. The minimum absolute atomic E-state index is 0.0362. The molecule has 2 N–H and O–H groups in total. The van der Waals surface area contributed by atoms with Crippen molar-refractivity contribution in [3.05, 3.63) is 24.3 Å². The second kappa shape index (κ2) is 8.52. The summed E-state index contributed by atoms with van der Waals surface area (Å²) in [5.41, 5.74) is 0.563. The van der Waals surface area contributed by atoms with Crippen LogP contribution in [0.2, 0.25) is 0 Å². The van der Waals surface area contributed by atoms with Crippen molar-refractivity contribution in [2.45, 2.75) is 6.18 Å². The molecule has 2 amide bonds. The number of hydrogen-bond acceptors (Lipinski definition) is 4. The number of hydrogen-bond donors (Lipinski definition) is 2. The van der Waals surface area contributed by atoms with Crippen LogP contribution in [-0.4, -0.2) is 43.2 Å². The Balaban J connectivity index is 2.24. The molecule has 122 valence electrons. The molecular formula is C13H15F3N2O3S. The molecule has 9 heteroatoms. The Bertz CT molecular complexity index is 506. The maximum atomic E-state index is 11.9. The number of carbonyl (C=O) groups excluding carboxylic acids is 2. The number of nitrogens with one attached hydrogen (secondary N) is 2. The molecule has 1 aromatic rings. The van der Waals surface area contributed by atoms with E-state index in [0.717, 1.165) is 11.8 Å². The van der Waals surface area contributed by atoms with Crippen LogP contribution in [0.25, 0.3) is 0 Å². The molecule has 0 heterocycles. The predicted molar refractivity (Wildman–Crippen MR) is 78.0 cm³/mol. The zero-order valence-corrected chi connectivity index (χ0v) is 12.5. The van der Waals surface area contributed by atoms with Gasteiger partial charge in [-0.05, 0) is 24.3 Å². The quantitative estimate of drug-likeness (QED) is 0.800. The number of amides is 2. The van der Waals surface area contributed by atoms with Crippen LogP contribution in [0.5, 0.6) is 5.75 Å². The van der Waals surface area contributed by atoms with E-state index in [9.17, 15) is 22.8 Å². The van der Waals surface area contributed by atoms with Crippen molar-refractivity contribution in [2.75, 3.05) is 30.5 Å². The monoisotopic (exact) mass is 336 g/mol. The first kappa shape index (κ1) is 18.1. The van der Waals surface area contributed by atoms with Gasteiger partial charge in [0.25, 0.3) is 0 Å². The Morgan fingerprint density at radius 1 is 1.14 bits per heavy atom. The molecule has 0 bridgehead atoms. The van der Waals surface area contributed by atoms with Crippen LogP contribution in [0.15, 0.2) is 24.3 Å².